The molecule has 0 saturated carbocycles. The van der Waals surface area contributed by atoms with Crippen LogP contribution in [0.1, 0.15) is 40.0 Å². The average molecular weight is 196 g/mol. The first-order chi connectivity index (χ1) is 5.79. The molecule has 0 fully saturated rings. The molecule has 0 radical (unpaired) electrons. The number of halogens is 3. The van der Waals surface area contributed by atoms with Crippen molar-refractivity contribution in [3.63, 3.8) is 0 Å². The Balaban J connectivity index is 4.83. The van der Waals surface area contributed by atoms with Gasteiger partial charge in [-0.2, -0.15) is 13.2 Å². The smallest absolute Gasteiger partial charge is 0.299 e. The van der Waals surface area contributed by atoms with Crippen LogP contribution in [0.4, 0.5) is 13.2 Å². The van der Waals surface area contributed by atoms with Gasteiger partial charge in [0.15, 0.2) is 0 Å². The fourth-order valence-electron chi connectivity index (χ4n) is 1.33. The molecule has 0 aromatic rings. The first-order valence-electron chi connectivity index (χ1n) is 4.39. The van der Waals surface area contributed by atoms with E-state index in [1.165, 1.54) is 6.92 Å². The Labute approximate surface area is 76.3 Å². The SMILES string of the molecule is CCCC(C)(C(=O)CC)C(F)(F)F. The van der Waals surface area contributed by atoms with Gasteiger partial charge in [-0.25, -0.2) is 0 Å². The molecular weight excluding hydrogens is 181 g/mol. The summed E-state index contributed by atoms with van der Waals surface area (Å²) in [7, 11) is 0. The van der Waals surface area contributed by atoms with E-state index >= 15 is 0 Å². The minimum Gasteiger partial charge on any atom is -0.299 e. The Morgan fingerprint density at radius 3 is 1.92 bits per heavy atom. The zero-order chi connectivity index (χ0) is 10.7. The molecule has 0 spiro atoms. The van der Waals surface area contributed by atoms with Crippen LogP contribution in [0.5, 0.6) is 0 Å². The molecule has 0 heterocycles. The third-order valence-electron chi connectivity index (χ3n) is 2.31. The second-order valence-corrected chi connectivity index (χ2v) is 3.36. The molecule has 0 aliphatic rings. The summed E-state index contributed by atoms with van der Waals surface area (Å²) in [5, 5.41) is 0. The predicted molar refractivity (Wildman–Crippen MR) is 44.4 cm³/mol. The van der Waals surface area contributed by atoms with E-state index in [-0.39, 0.29) is 12.8 Å². The number of carbonyl (C=O) groups is 1. The van der Waals surface area contributed by atoms with Crippen molar-refractivity contribution in [2.45, 2.75) is 46.2 Å². The van der Waals surface area contributed by atoms with Crippen LogP contribution in [0, 0.1) is 5.41 Å². The number of hydrogen-bond acceptors (Lipinski definition) is 1. The van der Waals surface area contributed by atoms with Crippen LogP contribution < -0.4 is 0 Å². The van der Waals surface area contributed by atoms with Crippen LogP contribution in [-0.4, -0.2) is 12.0 Å². The molecule has 0 aromatic carbocycles. The molecule has 1 atom stereocenters. The molecule has 0 N–H and O–H groups in total. The average Bonchev–Trinajstić information content (AvgIpc) is 2.01. The molecule has 78 valence electrons. The summed E-state index contributed by atoms with van der Waals surface area (Å²) in [5.41, 5.74) is -2.14. The molecule has 4 heteroatoms. The number of alkyl halides is 3. The summed E-state index contributed by atoms with van der Waals surface area (Å²) in [5.74, 6) is -0.721. The molecule has 0 bridgehead atoms. The molecule has 13 heavy (non-hydrogen) atoms. The van der Waals surface area contributed by atoms with E-state index in [1.54, 1.807) is 6.92 Å². The molecule has 0 rings (SSSR count). The minimum absolute atomic E-state index is 0.0595. The molecule has 0 aliphatic carbocycles. The lowest BCUT2D eigenvalue weighted by Gasteiger charge is -2.29. The largest absolute Gasteiger partial charge is 0.401 e. The van der Waals surface area contributed by atoms with Crippen molar-refractivity contribution in [1.29, 1.82) is 0 Å². The fraction of sp³-hybridized carbons (Fsp3) is 0.889. The highest BCUT2D eigenvalue weighted by molar-refractivity contribution is 5.84. The summed E-state index contributed by atoms with van der Waals surface area (Å²) >= 11 is 0. The van der Waals surface area contributed by atoms with Crippen LogP contribution in [0.25, 0.3) is 0 Å². The Hall–Kier alpha value is -0.540. The van der Waals surface area contributed by atoms with Gasteiger partial charge in [-0.3, -0.25) is 4.79 Å². The lowest BCUT2D eigenvalue weighted by Crippen LogP contribution is -2.42. The summed E-state index contributed by atoms with van der Waals surface area (Å²) in [6.07, 6.45) is -4.24. The zero-order valence-electron chi connectivity index (χ0n) is 8.16. The van der Waals surface area contributed by atoms with Crippen molar-refractivity contribution in [2.24, 2.45) is 5.41 Å². The highest BCUT2D eigenvalue weighted by atomic mass is 19.4. The van der Waals surface area contributed by atoms with Crippen LogP contribution in [0.15, 0.2) is 0 Å². The van der Waals surface area contributed by atoms with E-state index in [4.69, 9.17) is 0 Å². The van der Waals surface area contributed by atoms with E-state index in [0.717, 1.165) is 6.92 Å². The summed E-state index contributed by atoms with van der Waals surface area (Å²) < 4.78 is 37.5. The Kier molecular flexibility index (Phi) is 3.94. The number of carbonyl (C=O) groups excluding carboxylic acids is 1. The molecule has 0 aliphatic heterocycles. The number of Topliss-reactive ketones (excluding diaryl/α,β-unsaturated/α-hetero) is 1. The predicted octanol–water partition coefficient (Wildman–Crippen LogP) is 3.33. The minimum atomic E-state index is -4.42. The highest BCUT2D eigenvalue weighted by Gasteiger charge is 2.54. The van der Waals surface area contributed by atoms with Crippen LogP contribution in [0.3, 0.4) is 0 Å². The van der Waals surface area contributed by atoms with Gasteiger partial charge in [0.1, 0.15) is 11.2 Å². The normalized spacial score (nSPS) is 16.8. The topological polar surface area (TPSA) is 17.1 Å². The maximum Gasteiger partial charge on any atom is 0.401 e. The number of hydrogen-bond donors (Lipinski definition) is 0. The standard InChI is InChI=1S/C9H15F3O/c1-4-6-8(3,7(13)5-2)9(10,11)12/h4-6H2,1-3H3. The van der Waals surface area contributed by atoms with Crippen molar-refractivity contribution < 1.29 is 18.0 Å². The molecular formula is C9H15F3O. The summed E-state index contributed by atoms with van der Waals surface area (Å²) in [6, 6.07) is 0. The first kappa shape index (κ1) is 12.5. The molecule has 0 amide bonds. The summed E-state index contributed by atoms with van der Waals surface area (Å²) in [6.45, 7) is 4.09. The van der Waals surface area contributed by atoms with E-state index < -0.39 is 17.4 Å². The second kappa shape index (κ2) is 4.11. The quantitative estimate of drug-likeness (QED) is 0.674. The maximum atomic E-state index is 12.5. The van der Waals surface area contributed by atoms with Gasteiger partial charge in [0.2, 0.25) is 0 Å². The number of ketones is 1. The monoisotopic (exact) mass is 196 g/mol. The maximum absolute atomic E-state index is 12.5. The van der Waals surface area contributed by atoms with Crippen molar-refractivity contribution in [1.82, 2.24) is 0 Å². The number of rotatable bonds is 4. The van der Waals surface area contributed by atoms with Crippen LogP contribution >= 0.6 is 0 Å². The van der Waals surface area contributed by atoms with Crippen molar-refractivity contribution in [2.75, 3.05) is 0 Å². The Morgan fingerprint density at radius 1 is 1.23 bits per heavy atom. The molecule has 0 aromatic heterocycles. The van der Waals surface area contributed by atoms with Gasteiger partial charge >= 0.3 is 6.18 Å². The van der Waals surface area contributed by atoms with Crippen molar-refractivity contribution >= 4 is 5.78 Å². The van der Waals surface area contributed by atoms with E-state index in [1.807, 2.05) is 0 Å². The van der Waals surface area contributed by atoms with Gasteiger partial charge in [-0.05, 0) is 13.3 Å². The van der Waals surface area contributed by atoms with E-state index in [2.05, 4.69) is 0 Å². The molecule has 1 nitrogen and oxygen atoms in total. The van der Waals surface area contributed by atoms with E-state index in [9.17, 15) is 18.0 Å². The third-order valence-corrected chi connectivity index (χ3v) is 2.31. The Bertz CT molecular complexity index is 186. The first-order valence-corrected chi connectivity index (χ1v) is 4.39. The lowest BCUT2D eigenvalue weighted by atomic mass is 9.79. The van der Waals surface area contributed by atoms with E-state index in [0.29, 0.717) is 6.42 Å². The van der Waals surface area contributed by atoms with Crippen LogP contribution in [-0.2, 0) is 4.79 Å². The van der Waals surface area contributed by atoms with Crippen molar-refractivity contribution in [3.05, 3.63) is 0 Å². The van der Waals surface area contributed by atoms with Gasteiger partial charge < -0.3 is 0 Å². The van der Waals surface area contributed by atoms with Crippen molar-refractivity contribution in [3.8, 4) is 0 Å². The molecule has 1 unspecified atom stereocenters. The highest BCUT2D eigenvalue weighted by Crippen LogP contribution is 2.43. The van der Waals surface area contributed by atoms with Gasteiger partial charge in [0.25, 0.3) is 0 Å². The van der Waals surface area contributed by atoms with Gasteiger partial charge in [0, 0.05) is 6.42 Å². The van der Waals surface area contributed by atoms with Gasteiger partial charge in [-0.1, -0.05) is 20.3 Å². The third kappa shape index (κ3) is 2.45. The summed E-state index contributed by atoms with van der Waals surface area (Å²) in [4.78, 5) is 11.2. The van der Waals surface area contributed by atoms with Crippen LogP contribution in [0.2, 0.25) is 0 Å². The zero-order valence-corrected chi connectivity index (χ0v) is 8.16. The molecule has 0 saturated heterocycles. The fourth-order valence-corrected chi connectivity index (χ4v) is 1.33. The lowest BCUT2D eigenvalue weighted by molar-refractivity contribution is -0.217. The second-order valence-electron chi connectivity index (χ2n) is 3.36. The Morgan fingerprint density at radius 2 is 1.69 bits per heavy atom. The van der Waals surface area contributed by atoms with Gasteiger partial charge in [-0.15, -0.1) is 0 Å². The van der Waals surface area contributed by atoms with Gasteiger partial charge in [0.05, 0.1) is 0 Å².